The van der Waals surface area contributed by atoms with Gasteiger partial charge in [-0.25, -0.2) is 4.39 Å². The quantitative estimate of drug-likeness (QED) is 0.911. The molecule has 2 amide bonds. The van der Waals surface area contributed by atoms with E-state index in [1.54, 1.807) is 24.3 Å². The SMILES string of the molecule is CC(C)NC(=O)c1ccccc1NC(=O)c1ccc(F)cc1. The van der Waals surface area contributed by atoms with Crippen LogP contribution in [0.4, 0.5) is 10.1 Å². The van der Waals surface area contributed by atoms with Gasteiger partial charge in [0, 0.05) is 11.6 Å². The molecule has 2 rings (SSSR count). The van der Waals surface area contributed by atoms with Gasteiger partial charge in [0.25, 0.3) is 11.8 Å². The Balaban J connectivity index is 2.21. The van der Waals surface area contributed by atoms with Gasteiger partial charge < -0.3 is 10.6 Å². The van der Waals surface area contributed by atoms with Crippen LogP contribution in [0.2, 0.25) is 0 Å². The van der Waals surface area contributed by atoms with Crippen LogP contribution in [0.15, 0.2) is 48.5 Å². The lowest BCUT2D eigenvalue weighted by atomic mass is 10.1. The number of nitrogens with one attached hydrogen (secondary N) is 2. The van der Waals surface area contributed by atoms with E-state index >= 15 is 0 Å². The Morgan fingerprint density at radius 3 is 2.23 bits per heavy atom. The highest BCUT2D eigenvalue weighted by Gasteiger charge is 2.14. The van der Waals surface area contributed by atoms with Crippen LogP contribution in [0.5, 0.6) is 0 Å². The molecule has 4 nitrogen and oxygen atoms in total. The van der Waals surface area contributed by atoms with Crippen LogP contribution in [-0.4, -0.2) is 17.9 Å². The van der Waals surface area contributed by atoms with Crippen molar-refractivity contribution in [2.24, 2.45) is 0 Å². The van der Waals surface area contributed by atoms with Crippen LogP contribution >= 0.6 is 0 Å². The highest BCUT2D eigenvalue weighted by molar-refractivity contribution is 6.09. The van der Waals surface area contributed by atoms with E-state index < -0.39 is 11.7 Å². The second-order valence-corrected chi connectivity index (χ2v) is 5.13. The molecule has 0 heterocycles. The molecule has 0 saturated carbocycles. The maximum Gasteiger partial charge on any atom is 0.255 e. The summed E-state index contributed by atoms with van der Waals surface area (Å²) in [5, 5.41) is 5.46. The van der Waals surface area contributed by atoms with Crippen LogP contribution in [0.3, 0.4) is 0 Å². The molecular weight excluding hydrogens is 283 g/mol. The maximum atomic E-state index is 12.9. The number of hydrogen-bond acceptors (Lipinski definition) is 2. The Hall–Kier alpha value is -2.69. The molecule has 114 valence electrons. The summed E-state index contributed by atoms with van der Waals surface area (Å²) in [5.41, 5.74) is 1.11. The lowest BCUT2D eigenvalue weighted by molar-refractivity contribution is 0.0944. The van der Waals surface area contributed by atoms with E-state index in [1.807, 2.05) is 13.8 Å². The van der Waals surface area contributed by atoms with Gasteiger partial charge in [-0.15, -0.1) is 0 Å². The zero-order chi connectivity index (χ0) is 16.1. The van der Waals surface area contributed by atoms with Crippen molar-refractivity contribution in [2.45, 2.75) is 19.9 Å². The summed E-state index contributed by atoms with van der Waals surface area (Å²) in [7, 11) is 0. The molecule has 2 aromatic carbocycles. The van der Waals surface area contributed by atoms with Crippen molar-refractivity contribution in [1.82, 2.24) is 5.32 Å². The van der Waals surface area contributed by atoms with Crippen LogP contribution in [-0.2, 0) is 0 Å². The molecule has 0 unspecified atom stereocenters. The van der Waals surface area contributed by atoms with Crippen LogP contribution < -0.4 is 10.6 Å². The highest BCUT2D eigenvalue weighted by Crippen LogP contribution is 2.16. The molecule has 0 fully saturated rings. The molecule has 0 saturated heterocycles. The van der Waals surface area contributed by atoms with Crippen molar-refractivity contribution in [2.75, 3.05) is 5.32 Å². The zero-order valence-corrected chi connectivity index (χ0v) is 12.4. The van der Waals surface area contributed by atoms with E-state index in [1.165, 1.54) is 24.3 Å². The Bertz CT molecular complexity index is 681. The fraction of sp³-hybridized carbons (Fsp3) is 0.176. The van der Waals surface area contributed by atoms with Crippen molar-refractivity contribution in [3.8, 4) is 0 Å². The third-order valence-electron chi connectivity index (χ3n) is 2.95. The largest absolute Gasteiger partial charge is 0.350 e. The predicted octanol–water partition coefficient (Wildman–Crippen LogP) is 3.22. The summed E-state index contributed by atoms with van der Waals surface area (Å²) < 4.78 is 12.9. The Morgan fingerprint density at radius 2 is 1.59 bits per heavy atom. The van der Waals surface area contributed by atoms with Crippen molar-refractivity contribution in [3.05, 3.63) is 65.5 Å². The molecule has 0 aromatic heterocycles. The first-order valence-corrected chi connectivity index (χ1v) is 6.94. The van der Waals surface area contributed by atoms with Gasteiger partial charge in [0.2, 0.25) is 0 Å². The number of para-hydroxylation sites is 1. The summed E-state index contributed by atoms with van der Waals surface area (Å²) in [4.78, 5) is 24.3. The van der Waals surface area contributed by atoms with Gasteiger partial charge in [0.1, 0.15) is 5.82 Å². The molecule has 0 aliphatic rings. The molecule has 2 N–H and O–H groups in total. The van der Waals surface area contributed by atoms with Gasteiger partial charge in [-0.1, -0.05) is 12.1 Å². The average molecular weight is 300 g/mol. The smallest absolute Gasteiger partial charge is 0.255 e. The molecule has 0 aliphatic heterocycles. The number of halogens is 1. The molecule has 22 heavy (non-hydrogen) atoms. The Labute approximate surface area is 128 Å². The standard InChI is InChI=1S/C17H17FN2O2/c1-11(2)19-17(22)14-5-3-4-6-15(14)20-16(21)12-7-9-13(18)10-8-12/h3-11H,1-2H3,(H,19,22)(H,20,21). The van der Waals surface area contributed by atoms with Gasteiger partial charge in [0.15, 0.2) is 0 Å². The molecule has 0 bridgehead atoms. The first kappa shape index (κ1) is 15.7. The van der Waals surface area contributed by atoms with Gasteiger partial charge >= 0.3 is 0 Å². The van der Waals surface area contributed by atoms with E-state index in [2.05, 4.69) is 10.6 Å². The lowest BCUT2D eigenvalue weighted by Gasteiger charge is -2.13. The van der Waals surface area contributed by atoms with Crippen LogP contribution in [0, 0.1) is 5.82 Å². The van der Waals surface area contributed by atoms with Crippen molar-refractivity contribution in [1.29, 1.82) is 0 Å². The first-order valence-electron chi connectivity index (χ1n) is 6.94. The maximum absolute atomic E-state index is 12.9. The summed E-state index contributed by atoms with van der Waals surface area (Å²) in [6.45, 7) is 3.72. The monoisotopic (exact) mass is 300 g/mol. The van der Waals surface area contributed by atoms with Crippen LogP contribution in [0.25, 0.3) is 0 Å². The minimum Gasteiger partial charge on any atom is -0.350 e. The first-order chi connectivity index (χ1) is 10.5. The third kappa shape index (κ3) is 3.91. The molecule has 0 radical (unpaired) electrons. The van der Waals surface area contributed by atoms with Gasteiger partial charge in [-0.2, -0.15) is 0 Å². The molecule has 0 spiro atoms. The topological polar surface area (TPSA) is 58.2 Å². The van der Waals surface area contributed by atoms with E-state index in [4.69, 9.17) is 0 Å². The van der Waals surface area contributed by atoms with Gasteiger partial charge in [-0.05, 0) is 50.2 Å². The van der Waals surface area contributed by atoms with Crippen molar-refractivity contribution >= 4 is 17.5 Å². The van der Waals surface area contributed by atoms with E-state index in [0.29, 0.717) is 16.8 Å². The fourth-order valence-corrected chi connectivity index (χ4v) is 1.93. The van der Waals surface area contributed by atoms with E-state index in [-0.39, 0.29) is 11.9 Å². The summed E-state index contributed by atoms with van der Waals surface area (Å²) in [6.07, 6.45) is 0. The summed E-state index contributed by atoms with van der Waals surface area (Å²) >= 11 is 0. The number of benzene rings is 2. The Morgan fingerprint density at radius 1 is 0.955 bits per heavy atom. The molecule has 2 aromatic rings. The lowest BCUT2D eigenvalue weighted by Crippen LogP contribution is -2.31. The minimum absolute atomic E-state index is 0.00615. The molecule has 0 aliphatic carbocycles. The predicted molar refractivity (Wildman–Crippen MR) is 83.4 cm³/mol. The summed E-state index contributed by atoms with van der Waals surface area (Å²) in [6, 6.07) is 11.9. The number of hydrogen-bond donors (Lipinski definition) is 2. The number of rotatable bonds is 4. The van der Waals surface area contributed by atoms with Gasteiger partial charge in [-0.3, -0.25) is 9.59 Å². The third-order valence-corrected chi connectivity index (χ3v) is 2.95. The minimum atomic E-state index is -0.409. The molecule has 5 heteroatoms. The number of carbonyl (C=O) groups is 2. The van der Waals surface area contributed by atoms with Crippen molar-refractivity contribution < 1.29 is 14.0 Å². The van der Waals surface area contributed by atoms with Gasteiger partial charge in [0.05, 0.1) is 11.3 Å². The molecular formula is C17H17FN2O2. The number of anilines is 1. The summed E-state index contributed by atoms with van der Waals surface area (Å²) in [5.74, 6) is -1.07. The fourth-order valence-electron chi connectivity index (χ4n) is 1.93. The average Bonchev–Trinajstić information content (AvgIpc) is 2.47. The van der Waals surface area contributed by atoms with Crippen molar-refractivity contribution in [3.63, 3.8) is 0 Å². The van der Waals surface area contributed by atoms with E-state index in [9.17, 15) is 14.0 Å². The highest BCUT2D eigenvalue weighted by atomic mass is 19.1. The number of carbonyl (C=O) groups excluding carboxylic acids is 2. The molecule has 0 atom stereocenters. The normalized spacial score (nSPS) is 10.4. The Kier molecular flexibility index (Phi) is 4.88. The zero-order valence-electron chi connectivity index (χ0n) is 12.4. The van der Waals surface area contributed by atoms with Crippen LogP contribution in [0.1, 0.15) is 34.6 Å². The second kappa shape index (κ2) is 6.85. The number of amides is 2. The second-order valence-electron chi connectivity index (χ2n) is 5.13. The van der Waals surface area contributed by atoms with E-state index in [0.717, 1.165) is 0 Å².